The number of hydrogen-bond acceptors (Lipinski definition) is 7. The fourth-order valence-electron chi connectivity index (χ4n) is 4.65. The van der Waals surface area contributed by atoms with Gasteiger partial charge in [0.05, 0.1) is 13.7 Å². The molecule has 0 aliphatic carbocycles. The molecule has 0 radical (unpaired) electrons. The third-order valence-electron chi connectivity index (χ3n) is 6.51. The van der Waals surface area contributed by atoms with E-state index in [4.69, 9.17) is 18.9 Å². The van der Waals surface area contributed by atoms with Gasteiger partial charge in [-0.2, -0.15) is 0 Å². The molecular formula is C29H41N3O6. The van der Waals surface area contributed by atoms with E-state index in [0.717, 1.165) is 24.9 Å². The molecule has 1 saturated heterocycles. The van der Waals surface area contributed by atoms with Crippen LogP contribution >= 0.6 is 0 Å². The van der Waals surface area contributed by atoms with Crippen molar-refractivity contribution < 1.29 is 28.5 Å². The van der Waals surface area contributed by atoms with Crippen molar-refractivity contribution in [3.05, 3.63) is 59.7 Å². The minimum atomic E-state index is -0.441. The molecule has 0 saturated carbocycles. The summed E-state index contributed by atoms with van der Waals surface area (Å²) in [5.41, 5.74) is 1.49. The summed E-state index contributed by atoms with van der Waals surface area (Å²) in [6, 6.07) is 14.8. The molecule has 0 aromatic heterocycles. The fourth-order valence-corrected chi connectivity index (χ4v) is 4.65. The van der Waals surface area contributed by atoms with Gasteiger partial charge in [0.1, 0.15) is 6.61 Å². The van der Waals surface area contributed by atoms with Gasteiger partial charge < -0.3 is 34.5 Å². The lowest BCUT2D eigenvalue weighted by Gasteiger charge is -2.40. The SMILES string of the molecule is COCCCOc1cc(C(=O)N(C(C)C)[C@H]2CNC[C@@H](CNC(=O)OCc3ccccc3)C2)ccc1OC. The molecule has 1 aliphatic heterocycles. The maximum atomic E-state index is 13.7. The Morgan fingerprint density at radius 2 is 1.84 bits per heavy atom. The number of piperidine rings is 1. The van der Waals surface area contributed by atoms with E-state index >= 15 is 0 Å². The van der Waals surface area contributed by atoms with Gasteiger partial charge in [-0.1, -0.05) is 30.3 Å². The smallest absolute Gasteiger partial charge is 0.407 e. The van der Waals surface area contributed by atoms with Crippen molar-refractivity contribution in [3.63, 3.8) is 0 Å². The zero-order valence-electron chi connectivity index (χ0n) is 22.9. The molecule has 208 valence electrons. The van der Waals surface area contributed by atoms with Gasteiger partial charge in [-0.25, -0.2) is 4.79 Å². The topological polar surface area (TPSA) is 98.4 Å². The Labute approximate surface area is 225 Å². The average molecular weight is 528 g/mol. The average Bonchev–Trinajstić information content (AvgIpc) is 2.93. The molecule has 2 amide bonds. The monoisotopic (exact) mass is 527 g/mol. The highest BCUT2D eigenvalue weighted by atomic mass is 16.5. The molecule has 2 aromatic carbocycles. The summed E-state index contributed by atoms with van der Waals surface area (Å²) in [5, 5.41) is 6.31. The number of methoxy groups -OCH3 is 2. The van der Waals surface area contributed by atoms with Crippen molar-refractivity contribution in [2.75, 3.05) is 47.1 Å². The van der Waals surface area contributed by atoms with Crippen LogP contribution in [-0.2, 0) is 16.1 Å². The predicted molar refractivity (Wildman–Crippen MR) is 146 cm³/mol. The molecule has 1 fully saturated rings. The van der Waals surface area contributed by atoms with Crippen molar-refractivity contribution in [2.24, 2.45) is 5.92 Å². The second-order valence-electron chi connectivity index (χ2n) is 9.72. The van der Waals surface area contributed by atoms with Crippen LogP contribution in [-0.4, -0.2) is 76.1 Å². The molecule has 2 atom stereocenters. The number of benzene rings is 2. The van der Waals surface area contributed by atoms with Crippen LogP contribution in [0.2, 0.25) is 0 Å². The number of rotatable bonds is 13. The van der Waals surface area contributed by atoms with Gasteiger partial charge in [0, 0.05) is 50.9 Å². The van der Waals surface area contributed by atoms with E-state index in [9.17, 15) is 9.59 Å². The normalized spacial score (nSPS) is 17.1. The Balaban J connectivity index is 1.59. The first-order valence-electron chi connectivity index (χ1n) is 13.2. The molecule has 0 unspecified atom stereocenters. The Bertz CT molecular complexity index is 1020. The summed E-state index contributed by atoms with van der Waals surface area (Å²) in [6.07, 6.45) is 1.06. The first-order valence-corrected chi connectivity index (χ1v) is 13.2. The third-order valence-corrected chi connectivity index (χ3v) is 6.51. The molecular weight excluding hydrogens is 486 g/mol. The molecule has 0 bridgehead atoms. The zero-order valence-corrected chi connectivity index (χ0v) is 22.9. The number of amides is 2. The maximum Gasteiger partial charge on any atom is 0.407 e. The van der Waals surface area contributed by atoms with Crippen molar-refractivity contribution in [2.45, 2.75) is 45.4 Å². The van der Waals surface area contributed by atoms with E-state index < -0.39 is 6.09 Å². The van der Waals surface area contributed by atoms with Gasteiger partial charge in [0.15, 0.2) is 11.5 Å². The number of alkyl carbamates (subject to hydrolysis) is 1. The van der Waals surface area contributed by atoms with Gasteiger partial charge >= 0.3 is 6.09 Å². The zero-order chi connectivity index (χ0) is 27.3. The van der Waals surface area contributed by atoms with Gasteiger partial charge in [0.2, 0.25) is 0 Å². The first-order chi connectivity index (χ1) is 18.4. The molecule has 2 aromatic rings. The van der Waals surface area contributed by atoms with Crippen LogP contribution in [0.15, 0.2) is 48.5 Å². The van der Waals surface area contributed by atoms with Crippen LogP contribution in [0, 0.1) is 5.92 Å². The number of ether oxygens (including phenoxy) is 4. The fraction of sp³-hybridized carbons (Fsp3) is 0.517. The highest BCUT2D eigenvalue weighted by Crippen LogP contribution is 2.30. The van der Waals surface area contributed by atoms with Crippen LogP contribution in [0.5, 0.6) is 11.5 Å². The number of hydrogen-bond donors (Lipinski definition) is 2. The summed E-state index contributed by atoms with van der Waals surface area (Å²) in [4.78, 5) is 27.8. The maximum absolute atomic E-state index is 13.7. The second-order valence-corrected chi connectivity index (χ2v) is 9.72. The molecule has 1 heterocycles. The van der Waals surface area contributed by atoms with Gasteiger partial charge in [-0.05, 0) is 56.5 Å². The number of nitrogens with one attached hydrogen (secondary N) is 2. The Kier molecular flexibility index (Phi) is 11.7. The number of carbonyl (C=O) groups excluding carboxylic acids is 2. The van der Waals surface area contributed by atoms with E-state index in [1.807, 2.05) is 49.1 Å². The lowest BCUT2D eigenvalue weighted by molar-refractivity contribution is 0.0534. The van der Waals surface area contributed by atoms with Crippen LogP contribution in [0.3, 0.4) is 0 Å². The summed E-state index contributed by atoms with van der Waals surface area (Å²) >= 11 is 0. The largest absolute Gasteiger partial charge is 0.493 e. The quantitative estimate of drug-likeness (QED) is 0.382. The molecule has 9 nitrogen and oxygen atoms in total. The highest BCUT2D eigenvalue weighted by molar-refractivity contribution is 5.95. The Morgan fingerprint density at radius 3 is 2.55 bits per heavy atom. The van der Waals surface area contributed by atoms with E-state index in [1.54, 1.807) is 32.4 Å². The second kappa shape index (κ2) is 15.2. The molecule has 38 heavy (non-hydrogen) atoms. The van der Waals surface area contributed by atoms with Crippen LogP contribution < -0.4 is 20.1 Å². The number of nitrogens with zero attached hydrogens (tertiary/aromatic N) is 1. The summed E-state index contributed by atoms with van der Waals surface area (Å²) in [6.45, 7) is 7.25. The summed E-state index contributed by atoms with van der Waals surface area (Å²) in [7, 11) is 3.23. The van der Waals surface area contributed by atoms with Crippen molar-refractivity contribution in [3.8, 4) is 11.5 Å². The lowest BCUT2D eigenvalue weighted by Crippen LogP contribution is -2.55. The van der Waals surface area contributed by atoms with Crippen LogP contribution in [0.1, 0.15) is 42.6 Å². The Morgan fingerprint density at radius 1 is 1.05 bits per heavy atom. The molecule has 1 aliphatic rings. The van der Waals surface area contributed by atoms with Crippen molar-refractivity contribution >= 4 is 12.0 Å². The van der Waals surface area contributed by atoms with Crippen LogP contribution in [0.4, 0.5) is 4.79 Å². The van der Waals surface area contributed by atoms with E-state index in [2.05, 4.69) is 10.6 Å². The van der Waals surface area contributed by atoms with E-state index in [-0.39, 0.29) is 30.5 Å². The lowest BCUT2D eigenvalue weighted by atomic mass is 9.93. The molecule has 2 N–H and O–H groups in total. The van der Waals surface area contributed by atoms with Gasteiger partial charge in [-0.3, -0.25) is 4.79 Å². The predicted octanol–water partition coefficient (Wildman–Crippen LogP) is 3.87. The van der Waals surface area contributed by atoms with Crippen molar-refractivity contribution in [1.29, 1.82) is 0 Å². The van der Waals surface area contributed by atoms with E-state index in [1.165, 1.54) is 0 Å². The minimum Gasteiger partial charge on any atom is -0.493 e. The third kappa shape index (κ3) is 8.63. The standard InChI is InChI=1S/C29H41N3O6/c1-21(2)32(28(33)24-11-12-26(36-4)27(16-24)37-14-8-13-35-3)25-15-23(17-30-19-25)18-31-29(34)38-20-22-9-6-5-7-10-22/h5-7,9-12,16,21,23,25,30H,8,13-15,17-20H2,1-4H3,(H,31,34)/t23-,25+/m0/s1. The summed E-state index contributed by atoms with van der Waals surface area (Å²) in [5.74, 6) is 1.23. The van der Waals surface area contributed by atoms with Crippen molar-refractivity contribution in [1.82, 2.24) is 15.5 Å². The molecule has 0 spiro atoms. The molecule has 9 heteroatoms. The Hall–Kier alpha value is -3.30. The minimum absolute atomic E-state index is 0.00924. The molecule has 3 rings (SSSR count). The van der Waals surface area contributed by atoms with Crippen LogP contribution in [0.25, 0.3) is 0 Å². The highest BCUT2D eigenvalue weighted by Gasteiger charge is 2.32. The first kappa shape index (κ1) is 29.3. The van der Waals surface area contributed by atoms with Gasteiger partial charge in [-0.15, -0.1) is 0 Å². The van der Waals surface area contributed by atoms with Gasteiger partial charge in [0.25, 0.3) is 5.91 Å². The number of carbonyl (C=O) groups is 2. The van der Waals surface area contributed by atoms with E-state index in [0.29, 0.717) is 43.4 Å². The summed E-state index contributed by atoms with van der Waals surface area (Å²) < 4.78 is 21.7.